The molecule has 1 aromatic carbocycles. The zero-order valence-electron chi connectivity index (χ0n) is 13.3. The molecule has 0 N–H and O–H groups in total. The molecule has 1 aromatic heterocycles. The first-order chi connectivity index (χ1) is 10.2. The van der Waals surface area contributed by atoms with Gasteiger partial charge in [0.1, 0.15) is 0 Å². The fourth-order valence-electron chi connectivity index (χ4n) is 3.27. The Balaban J connectivity index is 1.90. The Morgan fingerprint density at radius 2 is 2.00 bits per heavy atom. The molecule has 3 rings (SSSR count). The predicted molar refractivity (Wildman–Crippen MR) is 87.3 cm³/mol. The number of likely N-dealkylation sites (tertiary alicyclic amines) is 1. The van der Waals surface area contributed by atoms with Gasteiger partial charge in [-0.25, -0.2) is 0 Å². The van der Waals surface area contributed by atoms with Gasteiger partial charge in [0.2, 0.25) is 0 Å². The maximum absolute atomic E-state index is 4.56. The summed E-state index contributed by atoms with van der Waals surface area (Å²) in [5.74, 6) is 0. The summed E-state index contributed by atoms with van der Waals surface area (Å²) in [6.45, 7) is 9.94. The summed E-state index contributed by atoms with van der Waals surface area (Å²) in [7, 11) is 0. The minimum atomic E-state index is 0.508. The second-order valence-electron chi connectivity index (χ2n) is 6.03. The van der Waals surface area contributed by atoms with Crippen LogP contribution in [0.1, 0.15) is 44.0 Å². The Labute approximate surface area is 127 Å². The topological polar surface area (TPSA) is 21.1 Å². The molecule has 1 saturated heterocycles. The van der Waals surface area contributed by atoms with E-state index in [4.69, 9.17) is 0 Å². The summed E-state index contributed by atoms with van der Waals surface area (Å²) < 4.78 is 2.02. The van der Waals surface area contributed by atoms with Crippen LogP contribution in [0, 0.1) is 6.92 Å². The van der Waals surface area contributed by atoms with Gasteiger partial charge in [-0.2, -0.15) is 5.10 Å². The van der Waals surface area contributed by atoms with Crippen molar-refractivity contribution in [3.8, 4) is 11.1 Å². The van der Waals surface area contributed by atoms with Crippen molar-refractivity contribution in [2.45, 2.75) is 46.2 Å². The highest BCUT2D eigenvalue weighted by Crippen LogP contribution is 2.29. The van der Waals surface area contributed by atoms with Crippen LogP contribution in [0.2, 0.25) is 0 Å². The van der Waals surface area contributed by atoms with E-state index in [1.54, 1.807) is 0 Å². The van der Waals surface area contributed by atoms with E-state index in [-0.39, 0.29) is 0 Å². The number of hydrogen-bond donors (Lipinski definition) is 0. The molecule has 0 amide bonds. The maximum Gasteiger partial charge on any atom is 0.0672 e. The van der Waals surface area contributed by atoms with Crippen molar-refractivity contribution in [3.63, 3.8) is 0 Å². The number of aromatic nitrogens is 2. The fourth-order valence-corrected chi connectivity index (χ4v) is 3.27. The van der Waals surface area contributed by atoms with Crippen LogP contribution in [0.25, 0.3) is 11.1 Å². The third kappa shape index (κ3) is 2.88. The minimum absolute atomic E-state index is 0.508. The molecule has 3 heteroatoms. The largest absolute Gasteiger partial charge is 0.297 e. The van der Waals surface area contributed by atoms with Gasteiger partial charge >= 0.3 is 0 Å². The van der Waals surface area contributed by atoms with Gasteiger partial charge in [-0.1, -0.05) is 18.2 Å². The first-order valence-electron chi connectivity index (χ1n) is 8.07. The maximum atomic E-state index is 4.56. The summed E-state index contributed by atoms with van der Waals surface area (Å²) in [6.07, 6.45) is 4.84. The monoisotopic (exact) mass is 283 g/mol. The molecule has 0 unspecified atom stereocenters. The Kier molecular flexibility index (Phi) is 4.11. The van der Waals surface area contributed by atoms with Crippen LogP contribution in [0.5, 0.6) is 0 Å². The van der Waals surface area contributed by atoms with Gasteiger partial charge in [0.15, 0.2) is 0 Å². The SMILES string of the molecule is CCn1cc(-c2cccc([C@H](C)N3CCCC3)c2)c(C)n1. The lowest BCUT2D eigenvalue weighted by atomic mass is 10.00. The lowest BCUT2D eigenvalue weighted by Gasteiger charge is -2.24. The molecule has 1 atom stereocenters. The van der Waals surface area contributed by atoms with Crippen molar-refractivity contribution in [3.05, 3.63) is 41.7 Å². The third-order valence-corrected chi connectivity index (χ3v) is 4.64. The van der Waals surface area contributed by atoms with Gasteiger partial charge in [0.05, 0.1) is 5.69 Å². The molecule has 0 spiro atoms. The van der Waals surface area contributed by atoms with E-state index in [0.717, 1.165) is 12.2 Å². The van der Waals surface area contributed by atoms with Gasteiger partial charge < -0.3 is 0 Å². The molecule has 3 nitrogen and oxygen atoms in total. The highest BCUT2D eigenvalue weighted by atomic mass is 15.3. The number of aryl methyl sites for hydroxylation is 2. The molecule has 0 bridgehead atoms. The van der Waals surface area contributed by atoms with E-state index in [0.29, 0.717) is 6.04 Å². The van der Waals surface area contributed by atoms with E-state index in [1.807, 2.05) is 4.68 Å². The standard InChI is InChI=1S/C18H25N3/c1-4-21-13-18(14(2)19-21)17-9-7-8-16(12-17)15(3)20-10-5-6-11-20/h7-9,12-13,15H,4-6,10-11H2,1-3H3/t15-/m0/s1. The normalized spacial score (nSPS) is 17.3. The summed E-state index contributed by atoms with van der Waals surface area (Å²) in [6, 6.07) is 9.48. The molecule has 1 aliphatic rings. The van der Waals surface area contributed by atoms with Crippen molar-refractivity contribution >= 4 is 0 Å². The second-order valence-corrected chi connectivity index (χ2v) is 6.03. The number of nitrogens with zero attached hydrogens (tertiary/aromatic N) is 3. The molecule has 112 valence electrons. The quantitative estimate of drug-likeness (QED) is 0.844. The van der Waals surface area contributed by atoms with E-state index in [9.17, 15) is 0 Å². The van der Waals surface area contributed by atoms with E-state index >= 15 is 0 Å². The van der Waals surface area contributed by atoms with Crippen molar-refractivity contribution in [1.82, 2.24) is 14.7 Å². The molecule has 0 aliphatic carbocycles. The van der Waals surface area contributed by atoms with Gasteiger partial charge in [-0.15, -0.1) is 0 Å². The first-order valence-corrected chi connectivity index (χ1v) is 8.07. The highest BCUT2D eigenvalue weighted by molar-refractivity contribution is 5.65. The Morgan fingerprint density at radius 3 is 2.67 bits per heavy atom. The second kappa shape index (κ2) is 6.02. The Hall–Kier alpha value is -1.61. The van der Waals surface area contributed by atoms with Crippen LogP contribution in [0.15, 0.2) is 30.5 Å². The minimum Gasteiger partial charge on any atom is -0.297 e. The molecule has 2 heterocycles. The lowest BCUT2D eigenvalue weighted by molar-refractivity contribution is 0.263. The Bertz CT molecular complexity index is 609. The van der Waals surface area contributed by atoms with Crippen LogP contribution in [-0.2, 0) is 6.54 Å². The van der Waals surface area contributed by atoms with Crippen molar-refractivity contribution in [1.29, 1.82) is 0 Å². The van der Waals surface area contributed by atoms with Crippen molar-refractivity contribution in [2.75, 3.05) is 13.1 Å². The lowest BCUT2D eigenvalue weighted by Crippen LogP contribution is -2.23. The number of hydrogen-bond acceptors (Lipinski definition) is 2. The van der Waals surface area contributed by atoms with Crippen LogP contribution < -0.4 is 0 Å². The zero-order chi connectivity index (χ0) is 14.8. The molecule has 0 radical (unpaired) electrons. The fraction of sp³-hybridized carbons (Fsp3) is 0.500. The molecule has 21 heavy (non-hydrogen) atoms. The molecular weight excluding hydrogens is 258 g/mol. The van der Waals surface area contributed by atoms with Gasteiger partial charge in [-0.05, 0) is 63.9 Å². The van der Waals surface area contributed by atoms with Gasteiger partial charge in [-0.3, -0.25) is 9.58 Å². The Morgan fingerprint density at radius 1 is 1.24 bits per heavy atom. The first kappa shape index (κ1) is 14.3. The highest BCUT2D eigenvalue weighted by Gasteiger charge is 2.19. The summed E-state index contributed by atoms with van der Waals surface area (Å²) in [5.41, 5.74) is 5.07. The predicted octanol–water partition coefficient (Wildman–Crippen LogP) is 4.04. The summed E-state index contributed by atoms with van der Waals surface area (Å²) >= 11 is 0. The van der Waals surface area contributed by atoms with Crippen LogP contribution in [0.3, 0.4) is 0 Å². The molecule has 1 aliphatic heterocycles. The average Bonchev–Trinajstić information content (AvgIpc) is 3.16. The number of benzene rings is 1. The van der Waals surface area contributed by atoms with Gasteiger partial charge in [0, 0.05) is 24.3 Å². The van der Waals surface area contributed by atoms with Crippen LogP contribution in [0.4, 0.5) is 0 Å². The zero-order valence-corrected chi connectivity index (χ0v) is 13.3. The smallest absolute Gasteiger partial charge is 0.0672 e. The summed E-state index contributed by atoms with van der Waals surface area (Å²) in [5, 5.41) is 4.56. The molecule has 2 aromatic rings. The van der Waals surface area contributed by atoms with Crippen molar-refractivity contribution in [2.24, 2.45) is 0 Å². The molecular formula is C18H25N3. The average molecular weight is 283 g/mol. The number of rotatable bonds is 4. The summed E-state index contributed by atoms with van der Waals surface area (Å²) in [4.78, 5) is 2.58. The van der Waals surface area contributed by atoms with Crippen LogP contribution >= 0.6 is 0 Å². The molecule has 1 fully saturated rings. The van der Waals surface area contributed by atoms with E-state index in [2.05, 4.69) is 61.2 Å². The molecule has 0 saturated carbocycles. The third-order valence-electron chi connectivity index (χ3n) is 4.64. The van der Waals surface area contributed by atoms with Crippen molar-refractivity contribution < 1.29 is 0 Å². The van der Waals surface area contributed by atoms with E-state index in [1.165, 1.54) is 42.6 Å². The van der Waals surface area contributed by atoms with E-state index < -0.39 is 0 Å². The van der Waals surface area contributed by atoms with Gasteiger partial charge in [0.25, 0.3) is 0 Å². The van der Waals surface area contributed by atoms with Crippen LogP contribution in [-0.4, -0.2) is 27.8 Å².